The summed E-state index contributed by atoms with van der Waals surface area (Å²) in [4.78, 5) is 79.9. The number of imidazole rings is 2. The smallest absolute Gasteiger partial charge is 0.407 e. The molecule has 0 unspecified atom stereocenters. The Kier molecular flexibility index (Phi) is 11.7. The number of likely N-dealkylation sites (tertiary alicyclic amines) is 2. The zero-order valence-corrected chi connectivity index (χ0v) is 33.1. The van der Waals surface area contributed by atoms with E-state index in [9.17, 15) is 24.3 Å². The number of aliphatic hydroxyl groups excluding tert-OH is 1. The average molecular weight is 793 g/mol. The van der Waals surface area contributed by atoms with Crippen molar-refractivity contribution in [3.8, 4) is 33.8 Å². The van der Waals surface area contributed by atoms with Crippen molar-refractivity contribution in [3.05, 3.63) is 72.7 Å². The highest BCUT2D eigenvalue weighted by molar-refractivity contribution is 5.88. The van der Waals surface area contributed by atoms with Crippen molar-refractivity contribution in [2.24, 2.45) is 5.92 Å². The lowest BCUT2D eigenvalue weighted by molar-refractivity contribution is -0.137. The number of benzene rings is 2. The molecule has 5 heterocycles. The molecule has 2 aliphatic heterocycles. The second-order valence-corrected chi connectivity index (χ2v) is 15.0. The number of amides is 4. The minimum absolute atomic E-state index is 0.124. The van der Waals surface area contributed by atoms with Gasteiger partial charge in [-0.05, 0) is 56.2 Å². The van der Waals surface area contributed by atoms with Gasteiger partial charge in [0.05, 0.1) is 79.1 Å². The largest absolute Gasteiger partial charge is 0.453 e. The number of aromatic nitrogens is 6. The summed E-state index contributed by atoms with van der Waals surface area (Å²) >= 11 is 0. The van der Waals surface area contributed by atoms with E-state index < -0.39 is 36.3 Å². The van der Waals surface area contributed by atoms with E-state index in [1.54, 1.807) is 28.4 Å². The molecule has 2 fully saturated rings. The molecule has 0 bridgehead atoms. The highest BCUT2D eigenvalue weighted by Crippen LogP contribution is 2.35. The number of aromatic amines is 2. The van der Waals surface area contributed by atoms with Crippen LogP contribution in [0.1, 0.15) is 70.2 Å². The van der Waals surface area contributed by atoms with Crippen LogP contribution in [0.25, 0.3) is 44.8 Å². The van der Waals surface area contributed by atoms with Gasteiger partial charge in [0.2, 0.25) is 11.8 Å². The number of hydrogen-bond donors (Lipinski definition) is 5. The number of nitrogens with one attached hydrogen (secondary N) is 4. The molecule has 5 atom stereocenters. The number of nitrogens with zero attached hydrogens (tertiary/aromatic N) is 6. The molecule has 17 heteroatoms. The summed E-state index contributed by atoms with van der Waals surface area (Å²) in [5.41, 5.74) is 6.39. The van der Waals surface area contributed by atoms with Gasteiger partial charge in [0, 0.05) is 24.2 Å². The molecular weight excluding hydrogens is 745 g/mol. The number of aliphatic hydroxyl groups is 1. The van der Waals surface area contributed by atoms with Crippen molar-refractivity contribution >= 4 is 35.0 Å². The second kappa shape index (κ2) is 17.0. The molecule has 5 aromatic rings. The van der Waals surface area contributed by atoms with Crippen LogP contribution in [0.15, 0.2) is 61.1 Å². The number of fused-ring (bicyclic) bond motifs is 1. The van der Waals surface area contributed by atoms with E-state index in [-0.39, 0.29) is 23.9 Å². The molecule has 3 aromatic heterocycles. The van der Waals surface area contributed by atoms with Crippen LogP contribution in [0.3, 0.4) is 0 Å². The van der Waals surface area contributed by atoms with Gasteiger partial charge in [-0.2, -0.15) is 0 Å². The van der Waals surface area contributed by atoms with Gasteiger partial charge in [-0.15, -0.1) is 0 Å². The van der Waals surface area contributed by atoms with Crippen LogP contribution in [0.2, 0.25) is 0 Å². The molecule has 2 saturated heterocycles. The molecule has 58 heavy (non-hydrogen) atoms. The predicted molar refractivity (Wildman–Crippen MR) is 213 cm³/mol. The number of carbonyl (C=O) groups excluding carboxylic acids is 4. The van der Waals surface area contributed by atoms with Gasteiger partial charge in [0.1, 0.15) is 23.7 Å². The Hall–Kier alpha value is -6.36. The molecule has 0 saturated carbocycles. The summed E-state index contributed by atoms with van der Waals surface area (Å²) in [6, 6.07) is 11.3. The van der Waals surface area contributed by atoms with Crippen LogP contribution in [-0.4, -0.2) is 114 Å². The summed E-state index contributed by atoms with van der Waals surface area (Å²) < 4.78 is 9.40. The summed E-state index contributed by atoms with van der Waals surface area (Å²) in [6.07, 6.45) is 5.68. The van der Waals surface area contributed by atoms with Crippen molar-refractivity contribution in [1.82, 2.24) is 50.3 Å². The Bertz CT molecular complexity index is 2270. The first-order valence-electron chi connectivity index (χ1n) is 19.4. The molecule has 4 amide bonds. The Morgan fingerprint density at radius 2 is 1.28 bits per heavy atom. The number of alkyl carbamates (subject to hydrolysis) is 2. The Morgan fingerprint density at radius 1 is 0.724 bits per heavy atom. The third-order valence-electron chi connectivity index (χ3n) is 10.8. The average Bonchev–Trinajstić information content (AvgIpc) is 4.07. The lowest BCUT2D eigenvalue weighted by Gasteiger charge is -2.29. The fourth-order valence-corrected chi connectivity index (χ4v) is 7.71. The summed E-state index contributed by atoms with van der Waals surface area (Å²) in [6.45, 7) is 6.27. The zero-order chi connectivity index (χ0) is 41.1. The minimum atomic E-state index is -1.14. The van der Waals surface area contributed by atoms with Crippen LogP contribution in [-0.2, 0) is 19.1 Å². The first-order valence-corrected chi connectivity index (χ1v) is 19.4. The molecule has 17 nitrogen and oxygen atoms in total. The van der Waals surface area contributed by atoms with E-state index in [1.165, 1.54) is 21.1 Å². The molecular formula is C41H48N10O7. The van der Waals surface area contributed by atoms with Gasteiger partial charge < -0.3 is 45.0 Å². The van der Waals surface area contributed by atoms with Crippen molar-refractivity contribution in [1.29, 1.82) is 0 Å². The van der Waals surface area contributed by atoms with Gasteiger partial charge in [-0.1, -0.05) is 44.2 Å². The molecule has 5 N–H and O–H groups in total. The monoisotopic (exact) mass is 792 g/mol. The van der Waals surface area contributed by atoms with Crippen LogP contribution in [0.4, 0.5) is 9.59 Å². The van der Waals surface area contributed by atoms with E-state index in [0.717, 1.165) is 52.7 Å². The fourth-order valence-electron chi connectivity index (χ4n) is 7.71. The van der Waals surface area contributed by atoms with E-state index in [0.29, 0.717) is 42.5 Å². The highest BCUT2D eigenvalue weighted by Gasteiger charge is 2.39. The van der Waals surface area contributed by atoms with E-state index >= 15 is 0 Å². The first-order chi connectivity index (χ1) is 27.9. The van der Waals surface area contributed by atoms with Gasteiger partial charge >= 0.3 is 12.2 Å². The fraction of sp³-hybridized carbons (Fsp3) is 0.415. The number of hydrogen-bond acceptors (Lipinski definition) is 11. The van der Waals surface area contributed by atoms with Crippen LogP contribution in [0.5, 0.6) is 0 Å². The Labute approximate surface area is 335 Å². The molecule has 0 radical (unpaired) electrons. The van der Waals surface area contributed by atoms with Crippen LogP contribution >= 0.6 is 0 Å². The lowest BCUT2D eigenvalue weighted by Crippen LogP contribution is -2.53. The molecule has 0 aliphatic carbocycles. The number of rotatable bonds is 11. The van der Waals surface area contributed by atoms with E-state index in [4.69, 9.17) is 19.7 Å². The second-order valence-electron chi connectivity index (χ2n) is 15.0. The Balaban J connectivity index is 1.02. The lowest BCUT2D eigenvalue weighted by atomic mass is 10.0. The molecule has 7 rings (SSSR count). The summed E-state index contributed by atoms with van der Waals surface area (Å²) in [5, 5.41) is 15.4. The number of carbonyl (C=O) groups is 4. The van der Waals surface area contributed by atoms with Crippen LogP contribution < -0.4 is 10.6 Å². The Morgan fingerprint density at radius 3 is 1.86 bits per heavy atom. The first kappa shape index (κ1) is 39.9. The minimum Gasteiger partial charge on any atom is -0.453 e. The molecule has 304 valence electrons. The standard InChI is InChI=1S/C41H48N10O7/c1-22(2)34(48-40(55)57-4)38(53)51-17-7-9-33(51)37-45-27-15-14-26(18-28(27)46-37)30-20-42-29(19-43-30)24-10-12-25(13-11-24)31-21-44-36(47-31)32-8-6-16-50(32)39(54)35(23(3)52)49-41(56)58-5/h10-15,18-23,32-35,52H,6-9,16-17H2,1-5H3,(H,44,47)(H,45,46)(H,48,55)(H,49,56)/t23-,32+,33+,34+,35+/m1/s1. The maximum atomic E-state index is 13.6. The van der Waals surface area contributed by atoms with Gasteiger partial charge in [0.25, 0.3) is 0 Å². The van der Waals surface area contributed by atoms with E-state index in [1.807, 2.05) is 56.3 Å². The van der Waals surface area contributed by atoms with E-state index in [2.05, 4.69) is 30.3 Å². The number of ether oxygens (including phenoxy) is 2. The third kappa shape index (κ3) is 8.20. The summed E-state index contributed by atoms with van der Waals surface area (Å²) in [7, 11) is 2.48. The van der Waals surface area contributed by atoms with Crippen LogP contribution in [0, 0.1) is 5.92 Å². The third-order valence-corrected chi connectivity index (χ3v) is 10.8. The van der Waals surface area contributed by atoms with Gasteiger partial charge in [-0.25, -0.2) is 19.6 Å². The SMILES string of the molecule is COC(=O)N[C@H](C(=O)N1CCC[C@H]1c1nc2ccc(-c3cnc(-c4ccc(-c5cnc([C@@H]6CCCN6C(=O)[C@@H](NC(=O)OC)[C@@H](C)O)[nH]5)cc4)cn3)cc2[nH]1)C(C)C. The quantitative estimate of drug-likeness (QED) is 0.121. The maximum Gasteiger partial charge on any atom is 0.407 e. The highest BCUT2D eigenvalue weighted by atomic mass is 16.5. The van der Waals surface area contributed by atoms with Gasteiger partial charge in [0.15, 0.2) is 0 Å². The van der Waals surface area contributed by atoms with Crippen molar-refractivity contribution in [2.45, 2.75) is 76.7 Å². The number of methoxy groups -OCH3 is 2. The molecule has 0 spiro atoms. The van der Waals surface area contributed by atoms with Crippen molar-refractivity contribution < 1.29 is 33.8 Å². The summed E-state index contributed by atoms with van der Waals surface area (Å²) in [5.74, 6) is 0.634. The molecule has 2 aromatic carbocycles. The van der Waals surface area contributed by atoms with Gasteiger partial charge in [-0.3, -0.25) is 19.6 Å². The zero-order valence-electron chi connectivity index (χ0n) is 33.1. The maximum absolute atomic E-state index is 13.6. The number of H-pyrrole nitrogens is 2. The normalized spacial score (nSPS) is 18.3. The van der Waals surface area contributed by atoms with Crippen molar-refractivity contribution in [2.75, 3.05) is 27.3 Å². The molecule has 2 aliphatic rings. The topological polar surface area (TPSA) is 221 Å². The van der Waals surface area contributed by atoms with Crippen molar-refractivity contribution in [3.63, 3.8) is 0 Å². The predicted octanol–water partition coefficient (Wildman–Crippen LogP) is 4.89.